The summed E-state index contributed by atoms with van der Waals surface area (Å²) in [5.74, 6) is -0.106. The van der Waals surface area contributed by atoms with E-state index in [1.165, 1.54) is 7.11 Å². The second kappa shape index (κ2) is 6.21. The van der Waals surface area contributed by atoms with Crippen molar-refractivity contribution in [2.45, 2.75) is 38.1 Å². The molecule has 1 aliphatic heterocycles. The highest BCUT2D eigenvalue weighted by molar-refractivity contribution is 5.70. The number of carbonyl (C=O) groups excluding carboxylic acids is 1. The van der Waals surface area contributed by atoms with Crippen molar-refractivity contribution < 1.29 is 9.53 Å². The first-order chi connectivity index (χ1) is 7.62. The molecule has 1 rings (SSSR count). The van der Waals surface area contributed by atoms with Crippen LogP contribution in [0.15, 0.2) is 0 Å². The van der Waals surface area contributed by atoms with Gasteiger partial charge in [-0.15, -0.1) is 0 Å². The van der Waals surface area contributed by atoms with Gasteiger partial charge in [0.15, 0.2) is 0 Å². The number of methoxy groups -OCH3 is 1. The van der Waals surface area contributed by atoms with E-state index in [1.807, 2.05) is 0 Å². The Balaban J connectivity index is 2.66. The van der Waals surface area contributed by atoms with Crippen LogP contribution < -0.4 is 5.32 Å². The van der Waals surface area contributed by atoms with E-state index in [9.17, 15) is 4.79 Å². The Hall–Kier alpha value is -0.610. The van der Waals surface area contributed by atoms with Gasteiger partial charge in [0.1, 0.15) is 0 Å². The molecule has 0 saturated carbocycles. The van der Waals surface area contributed by atoms with Gasteiger partial charge in [-0.3, -0.25) is 4.79 Å². The molecule has 0 aliphatic carbocycles. The third-order valence-electron chi connectivity index (χ3n) is 3.43. The highest BCUT2D eigenvalue weighted by Crippen LogP contribution is 2.25. The summed E-state index contributed by atoms with van der Waals surface area (Å²) < 4.78 is 4.80. The Morgan fingerprint density at radius 2 is 2.19 bits per heavy atom. The average molecular weight is 228 g/mol. The number of carbonyl (C=O) groups is 1. The number of hydrogen-bond donors (Lipinski definition) is 1. The van der Waals surface area contributed by atoms with Crippen LogP contribution >= 0.6 is 0 Å². The molecule has 0 radical (unpaired) electrons. The summed E-state index contributed by atoms with van der Waals surface area (Å²) in [7, 11) is 3.60. The molecule has 94 valence electrons. The van der Waals surface area contributed by atoms with Gasteiger partial charge in [0.05, 0.1) is 13.5 Å². The van der Waals surface area contributed by atoms with Gasteiger partial charge >= 0.3 is 5.97 Å². The normalized spacial score (nSPS) is 27.4. The molecular formula is C12H24N2O2. The summed E-state index contributed by atoms with van der Waals surface area (Å²) in [6.07, 6.45) is 3.71. The van der Waals surface area contributed by atoms with Crippen molar-refractivity contribution in [3.8, 4) is 0 Å². The van der Waals surface area contributed by atoms with Crippen LogP contribution in [-0.2, 0) is 9.53 Å². The average Bonchev–Trinajstić information content (AvgIpc) is 2.42. The fourth-order valence-electron chi connectivity index (χ4n) is 2.47. The van der Waals surface area contributed by atoms with Gasteiger partial charge in [0, 0.05) is 5.54 Å². The first kappa shape index (κ1) is 13.5. The van der Waals surface area contributed by atoms with Crippen LogP contribution in [0, 0.1) is 0 Å². The van der Waals surface area contributed by atoms with Crippen LogP contribution in [0.2, 0.25) is 0 Å². The third-order valence-corrected chi connectivity index (χ3v) is 3.43. The monoisotopic (exact) mass is 228 g/mol. The second-order valence-electron chi connectivity index (χ2n) is 4.72. The van der Waals surface area contributed by atoms with E-state index in [0.29, 0.717) is 6.42 Å². The van der Waals surface area contributed by atoms with E-state index in [1.54, 1.807) is 0 Å². The Labute approximate surface area is 98.3 Å². The topological polar surface area (TPSA) is 41.6 Å². The molecule has 1 fully saturated rings. The summed E-state index contributed by atoms with van der Waals surface area (Å²) in [6, 6.07) is 0. The van der Waals surface area contributed by atoms with E-state index in [4.69, 9.17) is 4.74 Å². The first-order valence-corrected chi connectivity index (χ1v) is 6.12. The van der Waals surface area contributed by atoms with Crippen molar-refractivity contribution in [2.75, 3.05) is 33.8 Å². The van der Waals surface area contributed by atoms with E-state index >= 15 is 0 Å². The summed E-state index contributed by atoms with van der Waals surface area (Å²) in [5.41, 5.74) is -0.0490. The number of ether oxygens (including phenoxy) is 1. The quantitative estimate of drug-likeness (QED) is 0.729. The zero-order chi connectivity index (χ0) is 12.0. The maximum Gasteiger partial charge on any atom is 0.307 e. The highest BCUT2D eigenvalue weighted by atomic mass is 16.5. The van der Waals surface area contributed by atoms with Crippen LogP contribution in [0.1, 0.15) is 32.6 Å². The lowest BCUT2D eigenvalue weighted by atomic mass is 9.87. The zero-order valence-corrected chi connectivity index (χ0v) is 10.7. The van der Waals surface area contributed by atoms with Crippen molar-refractivity contribution in [3.05, 3.63) is 0 Å². The molecule has 1 N–H and O–H groups in total. The minimum absolute atomic E-state index is 0.0490. The zero-order valence-electron chi connectivity index (χ0n) is 10.7. The molecule has 1 saturated heterocycles. The van der Waals surface area contributed by atoms with Crippen LogP contribution in [-0.4, -0.2) is 50.2 Å². The highest BCUT2D eigenvalue weighted by Gasteiger charge is 2.33. The molecule has 1 aliphatic rings. The Morgan fingerprint density at radius 3 is 2.81 bits per heavy atom. The summed E-state index contributed by atoms with van der Waals surface area (Å²) in [4.78, 5) is 13.8. The predicted octanol–water partition coefficient (Wildman–Crippen LogP) is 1.01. The lowest BCUT2D eigenvalue weighted by Gasteiger charge is -2.32. The lowest BCUT2D eigenvalue weighted by Crippen LogP contribution is -2.47. The van der Waals surface area contributed by atoms with Gasteiger partial charge in [-0.2, -0.15) is 0 Å². The Bertz CT molecular complexity index is 233. The van der Waals surface area contributed by atoms with E-state index in [-0.39, 0.29) is 11.5 Å². The smallest absolute Gasteiger partial charge is 0.307 e. The van der Waals surface area contributed by atoms with Gasteiger partial charge in [-0.25, -0.2) is 0 Å². The SMILES string of the molecule is CCNC1(CC(=O)OC)CCCN(C)CC1. The van der Waals surface area contributed by atoms with E-state index in [0.717, 1.165) is 38.9 Å². The molecule has 16 heavy (non-hydrogen) atoms. The van der Waals surface area contributed by atoms with Gasteiger partial charge in [-0.1, -0.05) is 6.92 Å². The Kier molecular flexibility index (Phi) is 5.22. The molecule has 0 bridgehead atoms. The summed E-state index contributed by atoms with van der Waals surface area (Å²) in [6.45, 7) is 5.16. The van der Waals surface area contributed by atoms with Gasteiger partial charge in [0.2, 0.25) is 0 Å². The van der Waals surface area contributed by atoms with Gasteiger partial charge < -0.3 is 15.0 Å². The largest absolute Gasteiger partial charge is 0.469 e. The molecule has 0 aromatic heterocycles. The maximum absolute atomic E-state index is 11.5. The number of rotatable bonds is 4. The standard InChI is InChI=1S/C12H24N2O2/c1-4-13-12(10-11(15)16-3)6-5-8-14(2)9-7-12/h13H,4-10H2,1-3H3. The van der Waals surface area contributed by atoms with Gasteiger partial charge in [-0.05, 0) is 45.9 Å². The van der Waals surface area contributed by atoms with Crippen molar-refractivity contribution in [3.63, 3.8) is 0 Å². The minimum atomic E-state index is -0.106. The number of nitrogens with one attached hydrogen (secondary N) is 1. The first-order valence-electron chi connectivity index (χ1n) is 6.12. The minimum Gasteiger partial charge on any atom is -0.469 e. The van der Waals surface area contributed by atoms with Crippen molar-refractivity contribution in [2.24, 2.45) is 0 Å². The molecule has 4 heteroatoms. The van der Waals surface area contributed by atoms with E-state index < -0.39 is 0 Å². The molecule has 0 spiro atoms. The van der Waals surface area contributed by atoms with Crippen molar-refractivity contribution >= 4 is 5.97 Å². The molecule has 0 aromatic rings. The molecule has 1 atom stereocenters. The number of nitrogens with zero attached hydrogens (tertiary/aromatic N) is 1. The molecule has 4 nitrogen and oxygen atoms in total. The van der Waals surface area contributed by atoms with Crippen LogP contribution in [0.3, 0.4) is 0 Å². The number of esters is 1. The summed E-state index contributed by atoms with van der Waals surface area (Å²) in [5, 5.41) is 3.50. The molecule has 1 heterocycles. The molecular weight excluding hydrogens is 204 g/mol. The molecule has 0 amide bonds. The van der Waals surface area contributed by atoms with Crippen LogP contribution in [0.5, 0.6) is 0 Å². The molecule has 1 unspecified atom stereocenters. The fraction of sp³-hybridized carbons (Fsp3) is 0.917. The molecule has 0 aromatic carbocycles. The van der Waals surface area contributed by atoms with Crippen LogP contribution in [0.4, 0.5) is 0 Å². The maximum atomic E-state index is 11.5. The second-order valence-corrected chi connectivity index (χ2v) is 4.72. The number of hydrogen-bond acceptors (Lipinski definition) is 4. The van der Waals surface area contributed by atoms with Gasteiger partial charge in [0.25, 0.3) is 0 Å². The van der Waals surface area contributed by atoms with Crippen LogP contribution in [0.25, 0.3) is 0 Å². The van der Waals surface area contributed by atoms with Crippen molar-refractivity contribution in [1.82, 2.24) is 10.2 Å². The lowest BCUT2D eigenvalue weighted by molar-refractivity contribution is -0.142. The van der Waals surface area contributed by atoms with E-state index in [2.05, 4.69) is 24.2 Å². The predicted molar refractivity (Wildman–Crippen MR) is 64.4 cm³/mol. The Morgan fingerprint density at radius 1 is 1.44 bits per heavy atom. The third kappa shape index (κ3) is 3.76. The summed E-state index contributed by atoms with van der Waals surface area (Å²) >= 11 is 0. The fourth-order valence-corrected chi connectivity index (χ4v) is 2.47. The number of likely N-dealkylation sites (tertiary alicyclic amines) is 1. The van der Waals surface area contributed by atoms with Crippen molar-refractivity contribution in [1.29, 1.82) is 0 Å².